The first kappa shape index (κ1) is 46.4. The third kappa shape index (κ3) is 9.47. The Bertz CT molecular complexity index is 1980. The number of benzene rings is 1. The number of ether oxygens (including phenoxy) is 5. The second-order valence-electron chi connectivity index (χ2n) is 17.7. The van der Waals surface area contributed by atoms with Gasteiger partial charge in [-0.3, -0.25) is 19.2 Å². The summed E-state index contributed by atoms with van der Waals surface area (Å²) >= 11 is 0. The molecule has 3 aromatic rings. The maximum absolute atomic E-state index is 14.3. The summed E-state index contributed by atoms with van der Waals surface area (Å²) in [6.07, 6.45) is -1.67. The summed E-state index contributed by atoms with van der Waals surface area (Å²) in [7, 11) is 5.07. The third-order valence-electron chi connectivity index (χ3n) is 12.9. The van der Waals surface area contributed by atoms with Crippen LogP contribution in [0.25, 0.3) is 11.0 Å². The molecule has 1 amide bonds. The predicted molar refractivity (Wildman–Crippen MR) is 221 cm³/mol. The van der Waals surface area contributed by atoms with Crippen LogP contribution in [-0.4, -0.2) is 168 Å². The summed E-state index contributed by atoms with van der Waals surface area (Å²) in [6, 6.07) is 5.92. The van der Waals surface area contributed by atoms with Crippen molar-refractivity contribution in [3.05, 3.63) is 36.2 Å². The van der Waals surface area contributed by atoms with Crippen molar-refractivity contribution in [1.29, 1.82) is 0 Å². The summed E-state index contributed by atoms with van der Waals surface area (Å²) in [5, 5.41) is 42.2. The summed E-state index contributed by atoms with van der Waals surface area (Å²) in [4.78, 5) is 45.6. The molecule has 338 valence electrons. The van der Waals surface area contributed by atoms with Crippen LogP contribution >= 0.6 is 0 Å². The maximum Gasteiger partial charge on any atom is 0.410 e. The van der Waals surface area contributed by atoms with Crippen molar-refractivity contribution in [3.8, 4) is 0 Å². The van der Waals surface area contributed by atoms with E-state index in [1.165, 1.54) is 14.0 Å². The maximum atomic E-state index is 14.3. The minimum Gasteiger partial charge on any atom is -0.458 e. The molecule has 19 heteroatoms. The lowest BCUT2D eigenvalue weighted by atomic mass is 9.79. The van der Waals surface area contributed by atoms with Gasteiger partial charge in [0, 0.05) is 38.2 Å². The number of rotatable bonds is 13. The number of nitrogens with zero attached hydrogens (tertiary/aromatic N) is 8. The highest BCUT2D eigenvalue weighted by atomic mass is 16.7. The van der Waals surface area contributed by atoms with E-state index in [1.807, 2.05) is 58.2 Å². The van der Waals surface area contributed by atoms with Crippen LogP contribution in [0.1, 0.15) is 79.8 Å². The van der Waals surface area contributed by atoms with Crippen LogP contribution in [0.2, 0.25) is 0 Å². The van der Waals surface area contributed by atoms with E-state index in [9.17, 15) is 24.6 Å². The highest BCUT2D eigenvalue weighted by molar-refractivity contribution is 6.00. The first-order valence-electron chi connectivity index (χ1n) is 21.4. The summed E-state index contributed by atoms with van der Waals surface area (Å²) < 4.78 is 34.7. The van der Waals surface area contributed by atoms with Crippen LogP contribution in [-0.2, 0) is 46.4 Å². The number of nitrogens with one attached hydrogen (secondary N) is 1. The molecule has 0 aliphatic carbocycles. The average molecular weight is 856 g/mol. The number of hydrogen-bond acceptors (Lipinski definition) is 16. The molecule has 3 aliphatic rings. The smallest absolute Gasteiger partial charge is 0.410 e. The lowest BCUT2D eigenvalue weighted by Gasteiger charge is -2.45. The Morgan fingerprint density at radius 3 is 2.43 bits per heavy atom. The number of ketones is 1. The minimum atomic E-state index is -1.27. The molecule has 0 radical (unpaired) electrons. The van der Waals surface area contributed by atoms with E-state index in [0.29, 0.717) is 45.3 Å². The molecule has 3 saturated heterocycles. The number of unbranched alkanes of at least 4 members (excludes halogenated alkanes) is 1. The molecule has 19 nitrogen and oxygen atoms in total. The van der Waals surface area contributed by atoms with Crippen LogP contribution in [0.5, 0.6) is 0 Å². The monoisotopic (exact) mass is 855 g/mol. The summed E-state index contributed by atoms with van der Waals surface area (Å²) in [6.45, 7) is 13.6. The Hall–Kier alpha value is -4.11. The van der Waals surface area contributed by atoms with Gasteiger partial charge in [0.1, 0.15) is 35.4 Å². The van der Waals surface area contributed by atoms with Crippen molar-refractivity contribution in [2.75, 3.05) is 34.4 Å². The zero-order chi connectivity index (χ0) is 44.4. The van der Waals surface area contributed by atoms with E-state index in [-0.39, 0.29) is 18.7 Å². The SMILES string of the molecule is CC[C@H]1OC(=O)[C@H](C)C(=O)[C@H](C)[C@@H](O[C@@H]2O[C@H](CO)[C@@H](N(C)C)[C@H]2O)[C@@](C)(OC)C[C@@H](C)N[C@H](C)[C@H]2N(CCCCn3cc(Cn4nnc5ccccc54)nn3)C(=O)O[C@]12C. The van der Waals surface area contributed by atoms with Crippen molar-refractivity contribution < 1.29 is 48.3 Å². The largest absolute Gasteiger partial charge is 0.458 e. The van der Waals surface area contributed by atoms with Crippen LogP contribution < -0.4 is 5.32 Å². The van der Waals surface area contributed by atoms with Gasteiger partial charge in [-0.1, -0.05) is 36.4 Å². The van der Waals surface area contributed by atoms with Gasteiger partial charge in [-0.05, 0) is 86.5 Å². The van der Waals surface area contributed by atoms with Crippen LogP contribution in [0.15, 0.2) is 30.5 Å². The molecule has 1 aromatic carbocycles. The lowest BCUT2D eigenvalue weighted by molar-refractivity contribution is -0.245. The zero-order valence-corrected chi connectivity index (χ0v) is 37.1. The average Bonchev–Trinajstić information content (AvgIpc) is 3.99. The number of carbonyl (C=O) groups excluding carboxylic acids is 3. The van der Waals surface area contributed by atoms with Gasteiger partial charge in [0.15, 0.2) is 17.7 Å². The Morgan fingerprint density at radius 2 is 1.75 bits per heavy atom. The minimum absolute atomic E-state index is 0.274. The summed E-state index contributed by atoms with van der Waals surface area (Å²) in [5.41, 5.74) is 0.0306. The molecule has 5 heterocycles. The Kier molecular flexibility index (Phi) is 14.5. The number of hydrogen-bond donors (Lipinski definition) is 3. The van der Waals surface area contributed by atoms with Crippen LogP contribution in [0.4, 0.5) is 4.79 Å². The predicted octanol–water partition coefficient (Wildman–Crippen LogP) is 2.16. The first-order valence-corrected chi connectivity index (χ1v) is 21.4. The van der Waals surface area contributed by atoms with E-state index < -0.39 is 83.7 Å². The van der Waals surface area contributed by atoms with E-state index in [1.54, 1.807) is 47.1 Å². The van der Waals surface area contributed by atoms with Gasteiger partial charge >= 0.3 is 12.1 Å². The van der Waals surface area contributed by atoms with Gasteiger partial charge < -0.3 is 44.1 Å². The molecule has 0 unspecified atom stereocenters. The van der Waals surface area contributed by atoms with Crippen molar-refractivity contribution in [2.24, 2.45) is 11.8 Å². The highest BCUT2D eigenvalue weighted by Gasteiger charge is 2.59. The number of aromatic nitrogens is 6. The number of aliphatic hydroxyl groups excluding tert-OH is 2. The van der Waals surface area contributed by atoms with Crippen LogP contribution in [0, 0.1) is 11.8 Å². The van der Waals surface area contributed by atoms with Gasteiger partial charge in [-0.15, -0.1) is 10.2 Å². The Balaban J connectivity index is 1.20. The molecule has 3 aliphatic heterocycles. The molecular formula is C42H65N9O10. The van der Waals surface area contributed by atoms with Crippen molar-refractivity contribution in [1.82, 2.24) is 45.1 Å². The molecule has 61 heavy (non-hydrogen) atoms. The topological polar surface area (TPSA) is 218 Å². The second kappa shape index (κ2) is 19.1. The van der Waals surface area contributed by atoms with Gasteiger partial charge in [0.25, 0.3) is 0 Å². The first-order chi connectivity index (χ1) is 29.0. The van der Waals surface area contributed by atoms with Crippen molar-refractivity contribution in [2.45, 2.75) is 153 Å². The number of methoxy groups -OCH3 is 1. The molecule has 0 bridgehead atoms. The number of esters is 1. The molecule has 2 aromatic heterocycles. The van der Waals surface area contributed by atoms with Crippen molar-refractivity contribution in [3.63, 3.8) is 0 Å². The number of amides is 1. The summed E-state index contributed by atoms with van der Waals surface area (Å²) in [5.74, 6) is -3.35. The number of aryl methyl sites for hydroxylation is 1. The molecule has 0 saturated carbocycles. The number of Topliss-reactive ketones (excluding diaryl/α,β-unsaturated/α-hetero) is 1. The molecular weight excluding hydrogens is 791 g/mol. The molecule has 6 rings (SSSR count). The Labute approximate surface area is 357 Å². The van der Waals surface area contributed by atoms with E-state index in [0.717, 1.165) is 16.7 Å². The van der Waals surface area contributed by atoms with E-state index >= 15 is 0 Å². The third-order valence-corrected chi connectivity index (χ3v) is 12.9. The fraction of sp³-hybridized carbons (Fsp3) is 0.738. The number of likely N-dealkylation sites (N-methyl/N-ethyl adjacent to an activating group) is 1. The molecule has 3 N–H and O–H groups in total. The van der Waals surface area contributed by atoms with Crippen LogP contribution in [0.3, 0.4) is 0 Å². The number of cyclic esters (lactones) is 1. The van der Waals surface area contributed by atoms with E-state index in [2.05, 4.69) is 25.9 Å². The normalized spacial score (nSPS) is 35.4. The van der Waals surface area contributed by atoms with E-state index in [4.69, 9.17) is 23.7 Å². The van der Waals surface area contributed by atoms with Crippen molar-refractivity contribution >= 4 is 28.9 Å². The zero-order valence-electron chi connectivity index (χ0n) is 37.1. The fourth-order valence-corrected chi connectivity index (χ4v) is 9.83. The van der Waals surface area contributed by atoms with Gasteiger partial charge in [0.05, 0.1) is 48.7 Å². The second-order valence-corrected chi connectivity index (χ2v) is 17.7. The number of fused-ring (bicyclic) bond motifs is 2. The lowest BCUT2D eigenvalue weighted by Crippen LogP contribution is -2.62. The molecule has 0 spiro atoms. The molecule has 3 fully saturated rings. The van der Waals surface area contributed by atoms with Gasteiger partial charge in [-0.25, -0.2) is 9.48 Å². The van der Waals surface area contributed by atoms with Gasteiger partial charge in [-0.2, -0.15) is 0 Å². The number of carbonyl (C=O) groups is 3. The number of para-hydroxylation sites is 1. The Morgan fingerprint density at radius 1 is 1.03 bits per heavy atom. The standard InChI is InChI=1S/C42H65N9O10/c1-11-32-42(7)36(50(40(56)61-42)19-15-14-18-49-21-28(44-46-49)22-51-30-17-13-12-16-29(30)45-47-51)27(5)43-24(2)20-41(6,57-10)37(25(3)34(53)26(4)38(55)59-32)60-39-35(54)33(48(8)9)31(23-52)58-39/h12-13,16-17,21,24-27,31-33,35-37,39,43,52,54H,11,14-15,18-20,22-23H2,1-10H3/t24-,25+,26-,27-,31-,32-,33-,35-,36-,37-,39+,41+,42-/m1/s1. The molecule has 13 atom stereocenters. The highest BCUT2D eigenvalue weighted by Crippen LogP contribution is 2.40. The fourth-order valence-electron chi connectivity index (χ4n) is 9.83. The quantitative estimate of drug-likeness (QED) is 0.128. The number of aliphatic hydroxyl groups is 2. The van der Waals surface area contributed by atoms with Gasteiger partial charge in [0.2, 0.25) is 0 Å².